The van der Waals surface area contributed by atoms with Crippen LogP contribution in [-0.4, -0.2) is 66.2 Å². The maximum absolute atomic E-state index is 12.0. The summed E-state index contributed by atoms with van der Waals surface area (Å²) in [4.78, 5) is 27.8. The second kappa shape index (κ2) is 11.0. The van der Waals surface area contributed by atoms with Gasteiger partial charge in [0.05, 0.1) is 5.56 Å². The summed E-state index contributed by atoms with van der Waals surface area (Å²) in [5.41, 5.74) is 1.88. The van der Waals surface area contributed by atoms with Crippen molar-refractivity contribution >= 4 is 29.3 Å². The van der Waals surface area contributed by atoms with Crippen LogP contribution in [0.2, 0.25) is 5.02 Å². The van der Waals surface area contributed by atoms with Gasteiger partial charge in [0, 0.05) is 50.0 Å². The predicted molar refractivity (Wildman–Crippen MR) is 118 cm³/mol. The highest BCUT2D eigenvalue weighted by molar-refractivity contribution is 6.30. The van der Waals surface area contributed by atoms with E-state index < -0.39 is 5.97 Å². The summed E-state index contributed by atoms with van der Waals surface area (Å²) in [6.45, 7) is 6.52. The van der Waals surface area contributed by atoms with Gasteiger partial charge in [-0.05, 0) is 48.9 Å². The zero-order valence-corrected chi connectivity index (χ0v) is 17.6. The van der Waals surface area contributed by atoms with E-state index >= 15 is 0 Å². The smallest absolute Gasteiger partial charge is 0.335 e. The number of nitrogens with zero attached hydrogens (tertiary/aromatic N) is 2. The van der Waals surface area contributed by atoms with E-state index in [1.165, 1.54) is 17.7 Å². The van der Waals surface area contributed by atoms with E-state index in [0.29, 0.717) is 12.2 Å². The molecule has 0 atom stereocenters. The minimum atomic E-state index is -1.02. The SMILES string of the molecule is O=C(NCCCN1CCN(Cc2ccc(Cl)cc2)CC1)Nc1cccc(C(=O)O)c1. The Morgan fingerprint density at radius 2 is 1.70 bits per heavy atom. The number of benzene rings is 2. The van der Waals surface area contributed by atoms with E-state index in [0.717, 1.165) is 50.7 Å². The molecule has 1 heterocycles. The van der Waals surface area contributed by atoms with E-state index in [9.17, 15) is 9.59 Å². The number of halogens is 1. The number of piperazine rings is 1. The summed E-state index contributed by atoms with van der Waals surface area (Å²) < 4.78 is 0. The molecule has 2 aromatic rings. The number of carbonyl (C=O) groups excluding carboxylic acids is 1. The molecular formula is C22H27ClN4O3. The molecule has 7 nitrogen and oxygen atoms in total. The van der Waals surface area contributed by atoms with Crippen molar-refractivity contribution in [3.8, 4) is 0 Å². The molecule has 0 saturated carbocycles. The van der Waals surface area contributed by atoms with Crippen molar-refractivity contribution in [3.05, 3.63) is 64.7 Å². The molecule has 0 aromatic heterocycles. The average molecular weight is 431 g/mol. The summed E-state index contributed by atoms with van der Waals surface area (Å²) in [5, 5.41) is 15.2. The highest BCUT2D eigenvalue weighted by atomic mass is 35.5. The lowest BCUT2D eigenvalue weighted by atomic mass is 10.2. The largest absolute Gasteiger partial charge is 0.478 e. The van der Waals surface area contributed by atoms with Gasteiger partial charge in [-0.2, -0.15) is 0 Å². The summed E-state index contributed by atoms with van der Waals surface area (Å²) >= 11 is 5.94. The van der Waals surface area contributed by atoms with Crippen LogP contribution >= 0.6 is 11.6 Å². The molecule has 1 fully saturated rings. The quantitative estimate of drug-likeness (QED) is 0.559. The number of carbonyl (C=O) groups is 2. The third-order valence-electron chi connectivity index (χ3n) is 5.09. The van der Waals surface area contributed by atoms with E-state index in [1.807, 2.05) is 12.1 Å². The second-order valence-electron chi connectivity index (χ2n) is 7.36. The van der Waals surface area contributed by atoms with Gasteiger partial charge in [-0.1, -0.05) is 29.8 Å². The van der Waals surface area contributed by atoms with Crippen molar-refractivity contribution in [1.29, 1.82) is 0 Å². The van der Waals surface area contributed by atoms with E-state index in [2.05, 4.69) is 32.6 Å². The van der Waals surface area contributed by atoms with Crippen LogP contribution in [-0.2, 0) is 6.54 Å². The van der Waals surface area contributed by atoms with Crippen molar-refractivity contribution in [2.45, 2.75) is 13.0 Å². The Morgan fingerprint density at radius 3 is 2.40 bits per heavy atom. The summed E-state index contributed by atoms with van der Waals surface area (Å²) in [6.07, 6.45) is 0.861. The van der Waals surface area contributed by atoms with Gasteiger partial charge in [-0.3, -0.25) is 4.90 Å². The molecule has 1 aliphatic heterocycles. The van der Waals surface area contributed by atoms with Crippen molar-refractivity contribution < 1.29 is 14.7 Å². The van der Waals surface area contributed by atoms with Gasteiger partial charge in [-0.15, -0.1) is 0 Å². The van der Waals surface area contributed by atoms with E-state index in [-0.39, 0.29) is 11.6 Å². The van der Waals surface area contributed by atoms with Crippen LogP contribution < -0.4 is 10.6 Å². The molecule has 3 rings (SSSR count). The molecule has 3 N–H and O–H groups in total. The molecule has 160 valence electrons. The van der Waals surface area contributed by atoms with Gasteiger partial charge < -0.3 is 20.6 Å². The summed E-state index contributed by atoms with van der Waals surface area (Å²) in [5.74, 6) is -1.02. The molecule has 2 amide bonds. The first-order valence-electron chi connectivity index (χ1n) is 10.1. The predicted octanol–water partition coefficient (Wildman–Crippen LogP) is 3.37. The van der Waals surface area contributed by atoms with Crippen LogP contribution in [0.5, 0.6) is 0 Å². The number of carboxylic acid groups (broad SMARTS) is 1. The lowest BCUT2D eigenvalue weighted by Crippen LogP contribution is -2.46. The number of hydrogen-bond donors (Lipinski definition) is 3. The number of carboxylic acids is 1. The number of hydrogen-bond acceptors (Lipinski definition) is 4. The molecule has 0 spiro atoms. The van der Waals surface area contributed by atoms with Crippen molar-refractivity contribution in [2.24, 2.45) is 0 Å². The Hall–Kier alpha value is -2.61. The van der Waals surface area contributed by atoms with E-state index in [1.54, 1.807) is 12.1 Å². The zero-order valence-electron chi connectivity index (χ0n) is 16.8. The van der Waals surface area contributed by atoms with Gasteiger partial charge in [0.1, 0.15) is 0 Å². The first-order chi connectivity index (χ1) is 14.5. The Kier molecular flexibility index (Phi) is 8.07. The fraction of sp³-hybridized carbons (Fsp3) is 0.364. The molecule has 0 unspecified atom stereocenters. The maximum atomic E-state index is 12.0. The molecule has 30 heavy (non-hydrogen) atoms. The van der Waals surface area contributed by atoms with Gasteiger partial charge in [0.15, 0.2) is 0 Å². The van der Waals surface area contributed by atoms with Crippen LogP contribution in [0.25, 0.3) is 0 Å². The molecule has 2 aromatic carbocycles. The Bertz CT molecular complexity index is 852. The lowest BCUT2D eigenvalue weighted by molar-refractivity contribution is 0.0697. The molecule has 8 heteroatoms. The fourth-order valence-electron chi connectivity index (χ4n) is 3.43. The van der Waals surface area contributed by atoms with E-state index in [4.69, 9.17) is 16.7 Å². The van der Waals surface area contributed by atoms with Crippen LogP contribution in [0.1, 0.15) is 22.3 Å². The van der Waals surface area contributed by atoms with Crippen LogP contribution in [0, 0.1) is 0 Å². The van der Waals surface area contributed by atoms with Crippen LogP contribution in [0.4, 0.5) is 10.5 Å². The third kappa shape index (κ3) is 7.02. The number of amides is 2. The number of rotatable bonds is 8. The minimum Gasteiger partial charge on any atom is -0.478 e. The second-order valence-corrected chi connectivity index (χ2v) is 7.80. The number of anilines is 1. The molecule has 1 saturated heterocycles. The normalized spacial score (nSPS) is 15.0. The Balaban J connectivity index is 1.30. The number of nitrogens with one attached hydrogen (secondary N) is 2. The average Bonchev–Trinajstić information content (AvgIpc) is 2.74. The third-order valence-corrected chi connectivity index (χ3v) is 5.34. The highest BCUT2D eigenvalue weighted by Crippen LogP contribution is 2.13. The van der Waals surface area contributed by atoms with Gasteiger partial charge in [-0.25, -0.2) is 9.59 Å². The first kappa shape index (κ1) is 22.1. The lowest BCUT2D eigenvalue weighted by Gasteiger charge is -2.34. The summed E-state index contributed by atoms with van der Waals surface area (Å²) in [7, 11) is 0. The van der Waals surface area contributed by atoms with Crippen molar-refractivity contribution in [1.82, 2.24) is 15.1 Å². The van der Waals surface area contributed by atoms with Crippen molar-refractivity contribution in [3.63, 3.8) is 0 Å². The molecular weight excluding hydrogens is 404 g/mol. The number of urea groups is 1. The van der Waals surface area contributed by atoms with Gasteiger partial charge >= 0.3 is 12.0 Å². The highest BCUT2D eigenvalue weighted by Gasteiger charge is 2.16. The zero-order chi connectivity index (χ0) is 21.3. The minimum absolute atomic E-state index is 0.142. The molecule has 0 bridgehead atoms. The topological polar surface area (TPSA) is 84.9 Å². The summed E-state index contributed by atoms with van der Waals surface area (Å²) in [6, 6.07) is 13.9. The maximum Gasteiger partial charge on any atom is 0.335 e. The molecule has 0 radical (unpaired) electrons. The monoisotopic (exact) mass is 430 g/mol. The standard InChI is InChI=1S/C22H27ClN4O3/c23-19-7-5-17(6-8-19)16-27-13-11-26(12-14-27)10-2-9-24-22(30)25-20-4-1-3-18(15-20)21(28)29/h1,3-8,15H,2,9-14,16H2,(H,28,29)(H2,24,25,30). The Labute approximate surface area is 181 Å². The van der Waals surface area contributed by atoms with Gasteiger partial charge in [0.25, 0.3) is 0 Å². The first-order valence-corrected chi connectivity index (χ1v) is 10.4. The number of aromatic carboxylic acids is 1. The van der Waals surface area contributed by atoms with Crippen molar-refractivity contribution in [2.75, 3.05) is 44.6 Å². The Morgan fingerprint density at radius 1 is 1.00 bits per heavy atom. The molecule has 0 aliphatic carbocycles. The fourth-order valence-corrected chi connectivity index (χ4v) is 3.55. The van der Waals surface area contributed by atoms with Gasteiger partial charge in [0.2, 0.25) is 0 Å². The van der Waals surface area contributed by atoms with Crippen LogP contribution in [0.15, 0.2) is 48.5 Å². The molecule has 1 aliphatic rings. The van der Waals surface area contributed by atoms with Crippen LogP contribution in [0.3, 0.4) is 0 Å².